The molecule has 2 unspecified atom stereocenters. The van der Waals surface area contributed by atoms with Crippen molar-refractivity contribution < 1.29 is 48.1 Å². The summed E-state index contributed by atoms with van der Waals surface area (Å²) >= 11 is 0. The van der Waals surface area contributed by atoms with Gasteiger partial charge in [0.2, 0.25) is 0 Å². The first-order valence-electron chi connectivity index (χ1n) is 15.7. The summed E-state index contributed by atoms with van der Waals surface area (Å²) in [6, 6.07) is 23.8. The SMILES string of the molecule is CCOC(=O)C(CC(=O)O)=C(O)C(=O)N(Cc1ccc2ccccc2c1)C(C)C(Cc1ccc(C(=O)Nc2ccccc2)o1)C(=O)OCC. The summed E-state index contributed by atoms with van der Waals surface area (Å²) in [7, 11) is 0. The monoisotopic (exact) mass is 670 g/mol. The van der Waals surface area contributed by atoms with Crippen molar-refractivity contribution in [1.82, 2.24) is 4.90 Å². The van der Waals surface area contributed by atoms with Gasteiger partial charge in [0.05, 0.1) is 31.1 Å². The molecule has 3 aromatic carbocycles. The van der Waals surface area contributed by atoms with Gasteiger partial charge in [-0.2, -0.15) is 0 Å². The average Bonchev–Trinajstić information content (AvgIpc) is 3.57. The first kappa shape index (κ1) is 35.9. The van der Waals surface area contributed by atoms with E-state index in [1.54, 1.807) is 44.2 Å². The third-order valence-electron chi connectivity index (χ3n) is 7.77. The van der Waals surface area contributed by atoms with Gasteiger partial charge in [0, 0.05) is 24.7 Å². The normalized spacial score (nSPS) is 12.7. The number of aliphatic hydroxyl groups excluding tert-OH is 1. The van der Waals surface area contributed by atoms with Crippen molar-refractivity contribution in [2.75, 3.05) is 18.5 Å². The fourth-order valence-corrected chi connectivity index (χ4v) is 5.28. The van der Waals surface area contributed by atoms with Gasteiger partial charge in [-0.25, -0.2) is 4.79 Å². The number of hydrogen-bond donors (Lipinski definition) is 3. The van der Waals surface area contributed by atoms with Gasteiger partial charge in [-0.15, -0.1) is 0 Å². The van der Waals surface area contributed by atoms with E-state index in [1.807, 2.05) is 42.5 Å². The molecule has 0 saturated carbocycles. The van der Waals surface area contributed by atoms with Crippen molar-refractivity contribution in [3.8, 4) is 0 Å². The van der Waals surface area contributed by atoms with Gasteiger partial charge in [-0.05, 0) is 67.4 Å². The number of ether oxygens (including phenoxy) is 2. The van der Waals surface area contributed by atoms with Crippen molar-refractivity contribution >= 4 is 46.2 Å². The molecule has 2 amide bonds. The number of furan rings is 1. The third-order valence-corrected chi connectivity index (χ3v) is 7.77. The molecule has 0 radical (unpaired) electrons. The molecule has 49 heavy (non-hydrogen) atoms. The minimum absolute atomic E-state index is 0.00784. The Bertz CT molecular complexity index is 1850. The number of carbonyl (C=O) groups excluding carboxylic acids is 4. The van der Waals surface area contributed by atoms with Crippen LogP contribution in [0.5, 0.6) is 0 Å². The lowest BCUT2D eigenvalue weighted by molar-refractivity contribution is -0.152. The number of carboxylic acids is 1. The molecular weight excluding hydrogens is 632 g/mol. The highest BCUT2D eigenvalue weighted by molar-refractivity contribution is 6.04. The first-order valence-corrected chi connectivity index (χ1v) is 15.7. The number of nitrogens with zero attached hydrogens (tertiary/aromatic N) is 1. The van der Waals surface area contributed by atoms with Crippen LogP contribution in [0.15, 0.2) is 101 Å². The standard InChI is InChI=1S/C37H38N2O10/c1-4-47-36(45)29(20-28-17-18-31(49-28)34(43)38-27-13-7-6-8-14-27)23(3)39(22-24-15-16-25-11-9-10-12-26(25)19-24)35(44)33(42)30(21-32(40)41)37(46)48-5-2/h6-19,23,29,42H,4-5,20-22H2,1-3H3,(H,38,43)(H,40,41). The van der Waals surface area contributed by atoms with Crippen LogP contribution in [0.3, 0.4) is 0 Å². The average molecular weight is 671 g/mol. The van der Waals surface area contributed by atoms with Crippen molar-refractivity contribution in [1.29, 1.82) is 0 Å². The lowest BCUT2D eigenvalue weighted by Crippen LogP contribution is -2.47. The molecule has 256 valence electrons. The van der Waals surface area contributed by atoms with Crippen LogP contribution in [0.1, 0.15) is 49.1 Å². The highest BCUT2D eigenvalue weighted by Crippen LogP contribution is 2.26. The van der Waals surface area contributed by atoms with Crippen molar-refractivity contribution in [2.24, 2.45) is 5.92 Å². The molecule has 0 saturated heterocycles. The molecule has 3 N–H and O–H groups in total. The molecule has 4 rings (SSSR count). The molecule has 12 heteroatoms. The van der Waals surface area contributed by atoms with Crippen LogP contribution in [0.2, 0.25) is 0 Å². The maximum absolute atomic E-state index is 14.1. The van der Waals surface area contributed by atoms with Gasteiger partial charge in [-0.1, -0.05) is 54.6 Å². The molecule has 0 aliphatic heterocycles. The quantitative estimate of drug-likeness (QED) is 0.0812. The molecule has 1 aromatic heterocycles. The number of fused-ring (bicyclic) bond motifs is 1. The summed E-state index contributed by atoms with van der Waals surface area (Å²) in [5.41, 5.74) is 0.454. The van der Waals surface area contributed by atoms with Crippen LogP contribution in [-0.2, 0) is 41.6 Å². The maximum atomic E-state index is 14.1. The number of anilines is 1. The molecule has 12 nitrogen and oxygen atoms in total. The fourth-order valence-electron chi connectivity index (χ4n) is 5.28. The largest absolute Gasteiger partial charge is 0.503 e. The molecule has 0 fully saturated rings. The molecule has 0 aliphatic rings. The first-order chi connectivity index (χ1) is 23.5. The van der Waals surface area contributed by atoms with Gasteiger partial charge in [0.25, 0.3) is 11.8 Å². The maximum Gasteiger partial charge on any atom is 0.338 e. The number of para-hydroxylation sites is 1. The minimum atomic E-state index is -1.47. The van der Waals surface area contributed by atoms with Crippen molar-refractivity contribution in [2.45, 2.75) is 46.2 Å². The molecule has 0 spiro atoms. The molecule has 0 bridgehead atoms. The Labute approximate surface area is 282 Å². The zero-order valence-electron chi connectivity index (χ0n) is 27.4. The molecule has 1 heterocycles. The van der Waals surface area contributed by atoms with E-state index in [1.165, 1.54) is 24.0 Å². The topological polar surface area (TPSA) is 173 Å². The van der Waals surface area contributed by atoms with Crippen LogP contribution in [0, 0.1) is 5.92 Å². The van der Waals surface area contributed by atoms with E-state index >= 15 is 0 Å². The van der Waals surface area contributed by atoms with Gasteiger partial charge < -0.3 is 34.3 Å². The predicted octanol–water partition coefficient (Wildman–Crippen LogP) is 5.67. The van der Waals surface area contributed by atoms with Gasteiger partial charge in [0.15, 0.2) is 11.5 Å². The summed E-state index contributed by atoms with van der Waals surface area (Å²) in [4.78, 5) is 65.8. The van der Waals surface area contributed by atoms with Crippen molar-refractivity contribution in [3.63, 3.8) is 0 Å². The number of esters is 2. The Balaban J connectivity index is 1.72. The zero-order valence-corrected chi connectivity index (χ0v) is 27.4. The van der Waals surface area contributed by atoms with E-state index in [2.05, 4.69) is 5.32 Å². The Morgan fingerprint density at radius 3 is 2.18 bits per heavy atom. The van der Waals surface area contributed by atoms with E-state index in [0.29, 0.717) is 11.3 Å². The summed E-state index contributed by atoms with van der Waals surface area (Å²) < 4.78 is 16.1. The molecule has 0 aliphatic carbocycles. The van der Waals surface area contributed by atoms with Crippen LogP contribution >= 0.6 is 0 Å². The number of hydrogen-bond acceptors (Lipinski definition) is 9. The lowest BCUT2D eigenvalue weighted by Gasteiger charge is -2.34. The van der Waals surface area contributed by atoms with E-state index in [0.717, 1.165) is 10.8 Å². The van der Waals surface area contributed by atoms with Crippen LogP contribution in [0.4, 0.5) is 5.69 Å². The summed E-state index contributed by atoms with van der Waals surface area (Å²) in [6.45, 7) is 4.46. The van der Waals surface area contributed by atoms with Gasteiger partial charge in [0.1, 0.15) is 5.76 Å². The summed E-state index contributed by atoms with van der Waals surface area (Å²) in [5.74, 6) is -6.87. The van der Waals surface area contributed by atoms with Crippen molar-refractivity contribution in [3.05, 3.63) is 113 Å². The van der Waals surface area contributed by atoms with Crippen LogP contribution < -0.4 is 5.32 Å². The summed E-state index contributed by atoms with van der Waals surface area (Å²) in [6.07, 6.45) is -1.08. The number of carbonyl (C=O) groups is 5. The molecule has 2 atom stereocenters. The molecular formula is C37H38N2O10. The second kappa shape index (κ2) is 16.8. The Kier molecular flexibility index (Phi) is 12.3. The predicted molar refractivity (Wildman–Crippen MR) is 179 cm³/mol. The number of nitrogens with one attached hydrogen (secondary N) is 1. The molecule has 4 aromatic rings. The zero-order chi connectivity index (χ0) is 35.5. The van der Waals surface area contributed by atoms with E-state index in [-0.39, 0.29) is 37.7 Å². The Hall–Kier alpha value is -5.91. The number of benzene rings is 3. The second-order valence-electron chi connectivity index (χ2n) is 11.1. The van der Waals surface area contributed by atoms with E-state index < -0.39 is 59.4 Å². The number of aliphatic hydroxyl groups is 1. The number of amides is 2. The van der Waals surface area contributed by atoms with E-state index in [9.17, 15) is 34.2 Å². The number of aliphatic carboxylic acids is 1. The van der Waals surface area contributed by atoms with Gasteiger partial charge in [-0.3, -0.25) is 19.2 Å². The highest BCUT2D eigenvalue weighted by atomic mass is 16.5. The third kappa shape index (κ3) is 9.34. The fraction of sp³-hybridized carbons (Fsp3) is 0.270. The van der Waals surface area contributed by atoms with Crippen LogP contribution in [0.25, 0.3) is 10.8 Å². The number of rotatable bonds is 15. The van der Waals surface area contributed by atoms with Gasteiger partial charge >= 0.3 is 17.9 Å². The Morgan fingerprint density at radius 1 is 0.837 bits per heavy atom. The second-order valence-corrected chi connectivity index (χ2v) is 11.1. The lowest BCUT2D eigenvalue weighted by atomic mass is 9.93. The summed E-state index contributed by atoms with van der Waals surface area (Å²) in [5, 5.41) is 25.1. The smallest absolute Gasteiger partial charge is 0.338 e. The minimum Gasteiger partial charge on any atom is -0.503 e. The van der Waals surface area contributed by atoms with Crippen LogP contribution in [-0.4, -0.2) is 64.1 Å². The number of carboxylic acid groups (broad SMARTS) is 1. The highest BCUT2D eigenvalue weighted by Gasteiger charge is 2.37. The van der Waals surface area contributed by atoms with E-state index in [4.69, 9.17) is 13.9 Å². The Morgan fingerprint density at radius 2 is 1.51 bits per heavy atom.